The number of carbonyl (C=O) groups is 2. The van der Waals surface area contributed by atoms with E-state index in [1.54, 1.807) is 46.4 Å². The zero-order valence-corrected chi connectivity index (χ0v) is 19.7. The van der Waals surface area contributed by atoms with Crippen molar-refractivity contribution < 1.29 is 28.6 Å². The number of nitrogens with one attached hydrogen (secondary N) is 1. The molecule has 0 aliphatic carbocycles. The largest absolute Gasteiger partial charge is 0.491 e. The van der Waals surface area contributed by atoms with Crippen LogP contribution in [-0.4, -0.2) is 54.0 Å². The van der Waals surface area contributed by atoms with Crippen LogP contribution < -0.4 is 16.0 Å². The van der Waals surface area contributed by atoms with E-state index < -0.39 is 23.4 Å². The molecule has 32 heavy (non-hydrogen) atoms. The Labute approximate surface area is 189 Å². The lowest BCUT2D eigenvalue weighted by atomic mass is 10.00. The highest BCUT2D eigenvalue weighted by Gasteiger charge is 2.26. The second-order valence-corrected chi connectivity index (χ2v) is 9.36. The summed E-state index contributed by atoms with van der Waals surface area (Å²) in [6.45, 7) is 12.1. The predicted octanol–water partition coefficient (Wildman–Crippen LogP) is 3.13. The molecular weight excluding hydrogens is 416 g/mol. The van der Waals surface area contributed by atoms with Crippen LogP contribution in [0.15, 0.2) is 23.2 Å². The van der Waals surface area contributed by atoms with E-state index in [1.807, 2.05) is 18.2 Å². The van der Waals surface area contributed by atoms with E-state index >= 15 is 0 Å². The van der Waals surface area contributed by atoms with E-state index in [4.69, 9.17) is 20.1 Å². The lowest BCUT2D eigenvalue weighted by molar-refractivity contribution is 0.0553. The lowest BCUT2D eigenvalue weighted by Crippen LogP contribution is -2.48. The molecule has 1 aromatic rings. The van der Waals surface area contributed by atoms with Gasteiger partial charge >= 0.3 is 12.2 Å². The Morgan fingerprint density at radius 3 is 2.38 bits per heavy atom. The van der Waals surface area contributed by atoms with Crippen molar-refractivity contribution in [3.63, 3.8) is 0 Å². The van der Waals surface area contributed by atoms with E-state index in [1.165, 1.54) is 0 Å². The van der Waals surface area contributed by atoms with Gasteiger partial charge in [0.25, 0.3) is 0 Å². The van der Waals surface area contributed by atoms with Gasteiger partial charge in [-0.2, -0.15) is 0 Å². The summed E-state index contributed by atoms with van der Waals surface area (Å²) in [7, 11) is 0. The average molecular weight is 451 g/mol. The van der Waals surface area contributed by atoms with Gasteiger partial charge in [0, 0.05) is 13.1 Å². The fourth-order valence-corrected chi connectivity index (χ4v) is 2.96. The van der Waals surface area contributed by atoms with Gasteiger partial charge in [-0.15, -0.1) is 4.99 Å². The van der Waals surface area contributed by atoms with E-state index in [-0.39, 0.29) is 12.6 Å². The number of guanidine groups is 1. The third-order valence-corrected chi connectivity index (χ3v) is 4.16. The van der Waals surface area contributed by atoms with Gasteiger partial charge in [-0.05, 0) is 71.2 Å². The van der Waals surface area contributed by atoms with E-state index in [0.29, 0.717) is 31.9 Å². The summed E-state index contributed by atoms with van der Waals surface area (Å²) in [6.07, 6.45) is -0.803. The normalized spacial score (nSPS) is 14.5. The number of carbonyl (C=O) groups excluding carboxylic acids is 2. The van der Waals surface area contributed by atoms with Gasteiger partial charge < -0.3 is 23.9 Å². The van der Waals surface area contributed by atoms with Crippen LogP contribution in [0, 0.1) is 0 Å². The molecule has 3 N–H and O–H groups in total. The first-order valence-corrected chi connectivity index (χ1v) is 10.5. The number of nitrogens with zero attached hydrogens (tertiary/aromatic N) is 2. The van der Waals surface area contributed by atoms with E-state index in [9.17, 15) is 9.59 Å². The van der Waals surface area contributed by atoms with Gasteiger partial charge in [-0.3, -0.25) is 5.32 Å². The first-order valence-electron chi connectivity index (χ1n) is 10.5. The molecule has 2 rings (SSSR count). The molecule has 1 aromatic carbocycles. The van der Waals surface area contributed by atoms with Crippen molar-refractivity contribution in [2.24, 2.45) is 10.9 Å². The molecule has 1 aliphatic rings. The Kier molecular flexibility index (Phi) is 8.45. The Morgan fingerprint density at radius 1 is 1.06 bits per heavy atom. The molecule has 1 heterocycles. The molecule has 0 atom stereocenters. The van der Waals surface area contributed by atoms with Crippen LogP contribution in [0.1, 0.15) is 52.7 Å². The summed E-state index contributed by atoms with van der Waals surface area (Å²) < 4.78 is 16.3. The molecule has 0 fully saturated rings. The quantitative estimate of drug-likeness (QED) is 0.310. The highest BCUT2D eigenvalue weighted by Crippen LogP contribution is 2.24. The first-order chi connectivity index (χ1) is 14.9. The summed E-state index contributed by atoms with van der Waals surface area (Å²) >= 11 is 0. The van der Waals surface area contributed by atoms with Crippen molar-refractivity contribution in [3.05, 3.63) is 29.3 Å². The Balaban J connectivity index is 2.22. The summed E-state index contributed by atoms with van der Waals surface area (Å²) in [6, 6.07) is 5.80. The monoisotopic (exact) mass is 450 g/mol. The Bertz CT molecular complexity index is 842. The highest BCUT2D eigenvalue weighted by molar-refractivity contribution is 5.99. The molecule has 0 unspecified atom stereocenters. The van der Waals surface area contributed by atoms with E-state index in [2.05, 4.69) is 15.1 Å². The van der Waals surface area contributed by atoms with Crippen LogP contribution in [0.4, 0.5) is 9.59 Å². The van der Waals surface area contributed by atoms with Crippen LogP contribution in [0.25, 0.3) is 0 Å². The van der Waals surface area contributed by atoms with Crippen LogP contribution >= 0.6 is 0 Å². The van der Waals surface area contributed by atoms with E-state index in [0.717, 1.165) is 11.1 Å². The minimum Gasteiger partial charge on any atom is -0.491 e. The van der Waals surface area contributed by atoms with Gasteiger partial charge in [0.15, 0.2) is 0 Å². The second kappa shape index (κ2) is 10.6. The maximum absolute atomic E-state index is 12.4. The number of hydrogen-bond donors (Lipinski definition) is 2. The number of amides is 2. The summed E-state index contributed by atoms with van der Waals surface area (Å²) in [4.78, 5) is 35.1. The average Bonchev–Trinajstić information content (AvgIpc) is 2.64. The Morgan fingerprint density at radius 2 is 1.75 bits per heavy atom. The summed E-state index contributed by atoms with van der Waals surface area (Å²) in [5.41, 5.74) is 0.726. The maximum Gasteiger partial charge on any atom is 0.437 e. The minimum atomic E-state index is -0.798. The number of nitrogens with two attached hydrogens (primary N) is 1. The molecule has 0 radical (unpaired) electrons. The molecule has 0 bridgehead atoms. The van der Waals surface area contributed by atoms with Crippen molar-refractivity contribution in [2.75, 3.05) is 19.8 Å². The number of ether oxygens (including phenoxy) is 3. The predicted molar refractivity (Wildman–Crippen MR) is 119 cm³/mol. The number of alkyl carbamates (subject to hydrolysis) is 1. The number of aliphatic imine (C=N–C) groups is 1. The fraction of sp³-hybridized carbons (Fsp3) is 0.591. The van der Waals surface area contributed by atoms with Crippen molar-refractivity contribution in [3.8, 4) is 5.75 Å². The van der Waals surface area contributed by atoms with Crippen LogP contribution in [0.3, 0.4) is 0 Å². The number of rotatable bonds is 4. The summed E-state index contributed by atoms with van der Waals surface area (Å²) in [5.74, 6) is 5.77. The molecule has 10 heteroatoms. The fourth-order valence-electron chi connectivity index (χ4n) is 2.96. The van der Waals surface area contributed by atoms with Crippen LogP contribution in [0.2, 0.25) is 0 Å². The maximum atomic E-state index is 12.4. The number of fused-ring (bicyclic) bond motifs is 1. The zero-order chi connectivity index (χ0) is 23.9. The lowest BCUT2D eigenvalue weighted by Gasteiger charge is -2.32. The molecule has 178 valence electrons. The molecule has 10 nitrogen and oxygen atoms in total. The number of hydrogen-bond acceptors (Lipinski definition) is 7. The molecule has 0 spiro atoms. The molecular formula is C22H34N4O6. The van der Waals surface area contributed by atoms with Crippen LogP contribution in [0.5, 0.6) is 5.75 Å². The van der Waals surface area contributed by atoms with Crippen molar-refractivity contribution in [1.82, 2.24) is 10.2 Å². The molecule has 1 aliphatic heterocycles. The molecule has 2 amide bonds. The van der Waals surface area contributed by atoms with Gasteiger partial charge in [-0.1, -0.05) is 6.07 Å². The Hall–Kier alpha value is -2.85. The zero-order valence-electron chi connectivity index (χ0n) is 19.7. The topological polar surface area (TPSA) is 125 Å². The SMILES string of the molecule is CC(C)(C)OC(=O)/N=C(/NC(=O)OC(C)(C)C)N1CCc2ccc(OCCON)cc2C1. The molecule has 0 saturated heterocycles. The minimum absolute atomic E-state index is 0.0713. The van der Waals surface area contributed by atoms with Crippen LogP contribution in [-0.2, 0) is 27.3 Å². The number of benzene rings is 1. The van der Waals surface area contributed by atoms with Crippen molar-refractivity contribution in [1.29, 1.82) is 0 Å². The second-order valence-electron chi connectivity index (χ2n) is 9.36. The first kappa shape index (κ1) is 25.4. The third-order valence-electron chi connectivity index (χ3n) is 4.16. The van der Waals surface area contributed by atoms with Gasteiger partial charge in [-0.25, -0.2) is 15.5 Å². The van der Waals surface area contributed by atoms with Gasteiger partial charge in [0.2, 0.25) is 5.96 Å². The molecule has 0 saturated carbocycles. The highest BCUT2D eigenvalue weighted by atomic mass is 16.6. The van der Waals surface area contributed by atoms with Crippen molar-refractivity contribution in [2.45, 2.75) is 65.7 Å². The van der Waals surface area contributed by atoms with Crippen molar-refractivity contribution >= 4 is 18.1 Å². The standard InChI is InChI=1S/C22H34N4O6/c1-21(2,3)31-19(27)24-18(25-20(28)32-22(4,5)6)26-10-9-15-7-8-17(13-16(15)14-26)29-11-12-30-23/h7-8,13H,9-12,14,23H2,1-6H3,(H,24,25,27,28). The summed E-state index contributed by atoms with van der Waals surface area (Å²) in [5, 5.41) is 2.60. The molecule has 0 aromatic heterocycles. The van der Waals surface area contributed by atoms with Gasteiger partial charge in [0.05, 0.1) is 0 Å². The third kappa shape index (κ3) is 8.72. The smallest absolute Gasteiger partial charge is 0.437 e. The van der Waals surface area contributed by atoms with Gasteiger partial charge in [0.1, 0.15) is 30.2 Å².